The minimum atomic E-state index is -0.334. The van der Waals surface area contributed by atoms with Crippen molar-refractivity contribution >= 4 is 45.9 Å². The van der Waals surface area contributed by atoms with Crippen LogP contribution in [-0.4, -0.2) is 31.1 Å². The SMILES string of the molecule is C=CCN1C(=O)/C(=C\c2c(Oc3cc(C)cc(C)c3)nc3ccccn3c2=O)SC1=S. The molecule has 1 aliphatic rings. The number of aryl methyl sites for hydroxylation is 2. The smallest absolute Gasteiger partial charge is 0.269 e. The number of benzene rings is 1. The lowest BCUT2D eigenvalue weighted by molar-refractivity contribution is -0.121. The molecule has 4 rings (SSSR count). The number of pyridine rings is 1. The number of carbonyl (C=O) groups excluding carboxylic acids is 1. The summed E-state index contributed by atoms with van der Waals surface area (Å²) in [6.07, 6.45) is 4.75. The number of fused-ring (bicyclic) bond motifs is 1. The number of rotatable bonds is 5. The van der Waals surface area contributed by atoms with E-state index in [2.05, 4.69) is 11.6 Å². The predicted molar refractivity (Wildman–Crippen MR) is 128 cm³/mol. The van der Waals surface area contributed by atoms with Crippen molar-refractivity contribution in [2.24, 2.45) is 0 Å². The first-order chi connectivity index (χ1) is 14.9. The predicted octanol–water partition coefficient (Wildman–Crippen LogP) is 4.49. The van der Waals surface area contributed by atoms with Gasteiger partial charge in [-0.15, -0.1) is 6.58 Å². The Bertz CT molecular complexity index is 1310. The van der Waals surface area contributed by atoms with Gasteiger partial charge in [-0.25, -0.2) is 0 Å². The Balaban J connectivity index is 1.87. The Labute approximate surface area is 188 Å². The fraction of sp³-hybridized carbons (Fsp3) is 0.130. The lowest BCUT2D eigenvalue weighted by Crippen LogP contribution is -2.28. The summed E-state index contributed by atoms with van der Waals surface area (Å²) in [5, 5.41) is 0. The maximum atomic E-state index is 13.3. The minimum absolute atomic E-state index is 0.134. The Morgan fingerprint density at radius 3 is 2.65 bits per heavy atom. The number of hydrogen-bond donors (Lipinski definition) is 0. The molecule has 1 fully saturated rings. The van der Waals surface area contributed by atoms with E-state index in [-0.39, 0.29) is 22.9 Å². The molecule has 31 heavy (non-hydrogen) atoms. The molecule has 0 saturated carbocycles. The first kappa shape index (κ1) is 21.0. The highest BCUT2D eigenvalue weighted by atomic mass is 32.2. The van der Waals surface area contributed by atoms with Gasteiger partial charge in [0.25, 0.3) is 11.5 Å². The van der Waals surface area contributed by atoms with E-state index in [0.717, 1.165) is 22.9 Å². The van der Waals surface area contributed by atoms with Gasteiger partial charge in [0, 0.05) is 12.7 Å². The van der Waals surface area contributed by atoms with Crippen molar-refractivity contribution in [3.05, 3.63) is 87.2 Å². The van der Waals surface area contributed by atoms with Gasteiger partial charge in [0.05, 0.1) is 4.91 Å². The summed E-state index contributed by atoms with van der Waals surface area (Å²) in [6.45, 7) is 7.90. The Hall–Kier alpha value is -3.23. The van der Waals surface area contributed by atoms with Gasteiger partial charge in [0.2, 0.25) is 5.88 Å². The van der Waals surface area contributed by atoms with Crippen LogP contribution in [0.3, 0.4) is 0 Å². The van der Waals surface area contributed by atoms with E-state index in [0.29, 0.717) is 27.2 Å². The van der Waals surface area contributed by atoms with Gasteiger partial charge < -0.3 is 4.74 Å². The molecule has 0 aliphatic carbocycles. The lowest BCUT2D eigenvalue weighted by Gasteiger charge is -2.12. The molecule has 6 nitrogen and oxygen atoms in total. The van der Waals surface area contributed by atoms with Crippen LogP contribution in [0.15, 0.2) is 64.9 Å². The number of carbonyl (C=O) groups is 1. The summed E-state index contributed by atoms with van der Waals surface area (Å²) in [5.74, 6) is 0.429. The van der Waals surface area contributed by atoms with E-state index >= 15 is 0 Å². The van der Waals surface area contributed by atoms with Crippen LogP contribution in [0.5, 0.6) is 11.6 Å². The molecule has 2 aromatic heterocycles. The standard InChI is InChI=1S/C23H19N3O3S2/c1-4-8-26-22(28)18(31-23(26)30)13-17-20(29-16-11-14(2)10-15(3)12-16)24-19-7-5-6-9-25(19)21(17)27/h4-7,9-13H,1,8H2,2-3H3/b18-13+. The number of nitrogens with zero attached hydrogens (tertiary/aromatic N) is 3. The van der Waals surface area contributed by atoms with Gasteiger partial charge >= 0.3 is 0 Å². The fourth-order valence-electron chi connectivity index (χ4n) is 3.30. The second kappa shape index (κ2) is 8.49. The summed E-state index contributed by atoms with van der Waals surface area (Å²) in [7, 11) is 0. The third kappa shape index (κ3) is 4.17. The van der Waals surface area contributed by atoms with Crippen LogP contribution >= 0.6 is 24.0 Å². The Morgan fingerprint density at radius 1 is 1.19 bits per heavy atom. The summed E-state index contributed by atoms with van der Waals surface area (Å²) in [6, 6.07) is 11.0. The van der Waals surface area contributed by atoms with E-state index in [1.807, 2.05) is 32.0 Å². The number of ether oxygens (including phenoxy) is 1. The first-order valence-corrected chi connectivity index (χ1v) is 10.7. The van der Waals surface area contributed by atoms with Gasteiger partial charge in [-0.05, 0) is 55.3 Å². The molecule has 3 aromatic rings. The molecule has 1 aliphatic heterocycles. The maximum Gasteiger partial charge on any atom is 0.269 e. The Morgan fingerprint density at radius 2 is 1.94 bits per heavy atom. The Kier molecular flexibility index (Phi) is 5.75. The average molecular weight is 450 g/mol. The molecule has 3 heterocycles. The quantitative estimate of drug-likeness (QED) is 0.325. The number of amides is 1. The number of thioether (sulfide) groups is 1. The van der Waals surface area contributed by atoms with Gasteiger partial charge in [0.1, 0.15) is 21.3 Å². The molecule has 0 N–H and O–H groups in total. The molecule has 156 valence electrons. The van der Waals surface area contributed by atoms with Crippen molar-refractivity contribution < 1.29 is 9.53 Å². The largest absolute Gasteiger partial charge is 0.438 e. The summed E-state index contributed by atoms with van der Waals surface area (Å²) >= 11 is 6.44. The number of hydrogen-bond acceptors (Lipinski definition) is 6. The molecule has 0 radical (unpaired) electrons. The summed E-state index contributed by atoms with van der Waals surface area (Å²) in [5.41, 5.74) is 2.35. The van der Waals surface area contributed by atoms with Crippen LogP contribution in [0.4, 0.5) is 0 Å². The van der Waals surface area contributed by atoms with E-state index in [1.54, 1.807) is 30.5 Å². The molecule has 1 amide bonds. The van der Waals surface area contributed by atoms with Crippen molar-refractivity contribution in [2.75, 3.05) is 6.54 Å². The monoisotopic (exact) mass is 449 g/mol. The topological polar surface area (TPSA) is 63.9 Å². The minimum Gasteiger partial charge on any atom is -0.438 e. The zero-order chi connectivity index (χ0) is 22.1. The second-order valence-electron chi connectivity index (χ2n) is 7.07. The highest BCUT2D eigenvalue weighted by Crippen LogP contribution is 2.34. The third-order valence-corrected chi connectivity index (χ3v) is 5.98. The van der Waals surface area contributed by atoms with Crippen LogP contribution < -0.4 is 10.3 Å². The molecule has 0 spiro atoms. The molecule has 8 heteroatoms. The highest BCUT2D eigenvalue weighted by molar-refractivity contribution is 8.26. The van der Waals surface area contributed by atoms with Crippen LogP contribution in [0.1, 0.15) is 16.7 Å². The van der Waals surface area contributed by atoms with Crippen molar-refractivity contribution in [2.45, 2.75) is 13.8 Å². The van der Waals surface area contributed by atoms with Crippen molar-refractivity contribution in [3.63, 3.8) is 0 Å². The highest BCUT2D eigenvalue weighted by Gasteiger charge is 2.32. The number of aromatic nitrogens is 2. The summed E-state index contributed by atoms with van der Waals surface area (Å²) in [4.78, 5) is 32.4. The molecule has 0 bridgehead atoms. The molecule has 0 unspecified atom stereocenters. The molecule has 1 saturated heterocycles. The van der Waals surface area contributed by atoms with E-state index in [4.69, 9.17) is 17.0 Å². The van der Waals surface area contributed by atoms with Crippen LogP contribution in [0.25, 0.3) is 11.7 Å². The summed E-state index contributed by atoms with van der Waals surface area (Å²) < 4.78 is 7.89. The molecule has 0 atom stereocenters. The van der Waals surface area contributed by atoms with Gasteiger partial charge in [-0.3, -0.25) is 18.9 Å². The van der Waals surface area contributed by atoms with Crippen molar-refractivity contribution in [1.29, 1.82) is 0 Å². The van der Waals surface area contributed by atoms with Crippen LogP contribution in [0.2, 0.25) is 0 Å². The zero-order valence-corrected chi connectivity index (χ0v) is 18.6. The van der Waals surface area contributed by atoms with Crippen molar-refractivity contribution in [1.82, 2.24) is 14.3 Å². The lowest BCUT2D eigenvalue weighted by atomic mass is 10.1. The maximum absolute atomic E-state index is 13.3. The van der Waals surface area contributed by atoms with Crippen LogP contribution in [-0.2, 0) is 4.79 Å². The van der Waals surface area contributed by atoms with Gasteiger partial charge in [-0.1, -0.05) is 42.2 Å². The molecule has 1 aromatic carbocycles. The van der Waals surface area contributed by atoms with Gasteiger partial charge in [-0.2, -0.15) is 4.98 Å². The van der Waals surface area contributed by atoms with Gasteiger partial charge in [0.15, 0.2) is 0 Å². The fourth-order valence-corrected chi connectivity index (χ4v) is 4.56. The van der Waals surface area contributed by atoms with E-state index in [1.165, 1.54) is 15.4 Å². The zero-order valence-electron chi connectivity index (χ0n) is 17.0. The average Bonchev–Trinajstić information content (AvgIpc) is 2.98. The molecular weight excluding hydrogens is 430 g/mol. The molecular formula is C23H19N3O3S2. The van der Waals surface area contributed by atoms with Crippen LogP contribution in [0, 0.1) is 13.8 Å². The van der Waals surface area contributed by atoms with E-state index in [9.17, 15) is 9.59 Å². The second-order valence-corrected chi connectivity index (χ2v) is 8.75. The van der Waals surface area contributed by atoms with Crippen molar-refractivity contribution in [3.8, 4) is 11.6 Å². The first-order valence-electron chi connectivity index (χ1n) is 9.51. The van der Waals surface area contributed by atoms with E-state index < -0.39 is 0 Å². The number of thiocarbonyl (C=S) groups is 1. The normalized spacial score (nSPS) is 15.2. The third-order valence-electron chi connectivity index (χ3n) is 4.60.